The molecule has 23 heavy (non-hydrogen) atoms. The molecule has 0 saturated carbocycles. The van der Waals surface area contributed by atoms with Gasteiger partial charge in [-0.2, -0.15) is 13.2 Å². The van der Waals surface area contributed by atoms with Gasteiger partial charge in [-0.3, -0.25) is 4.98 Å². The van der Waals surface area contributed by atoms with E-state index in [2.05, 4.69) is 4.98 Å². The molecule has 2 aromatic carbocycles. The first-order chi connectivity index (χ1) is 11.0. The second kappa shape index (κ2) is 6.12. The molecule has 116 valence electrons. The van der Waals surface area contributed by atoms with Gasteiger partial charge in [-0.25, -0.2) is 0 Å². The van der Waals surface area contributed by atoms with Crippen molar-refractivity contribution in [3.8, 4) is 5.75 Å². The fraction of sp³-hybridized carbons (Fsp3) is 0.0556. The van der Waals surface area contributed by atoms with Crippen molar-refractivity contribution in [1.82, 2.24) is 4.98 Å². The van der Waals surface area contributed by atoms with Gasteiger partial charge in [0, 0.05) is 11.6 Å². The lowest BCUT2D eigenvalue weighted by molar-refractivity contribution is -0.137. The zero-order valence-corrected chi connectivity index (χ0v) is 11.9. The van der Waals surface area contributed by atoms with Crippen LogP contribution in [0.5, 0.6) is 5.75 Å². The van der Waals surface area contributed by atoms with Gasteiger partial charge in [-0.05, 0) is 48.0 Å². The van der Waals surface area contributed by atoms with E-state index >= 15 is 0 Å². The molecule has 0 aliphatic carbocycles. The van der Waals surface area contributed by atoms with Crippen molar-refractivity contribution in [2.45, 2.75) is 6.18 Å². The highest BCUT2D eigenvalue weighted by atomic mass is 19.4. The first kappa shape index (κ1) is 15.1. The third kappa shape index (κ3) is 3.69. The number of nitrogens with zero attached hydrogens (tertiary/aromatic N) is 1. The highest BCUT2D eigenvalue weighted by Gasteiger charge is 2.29. The second-order valence-corrected chi connectivity index (χ2v) is 4.90. The van der Waals surface area contributed by atoms with E-state index in [-0.39, 0.29) is 0 Å². The third-order valence-corrected chi connectivity index (χ3v) is 3.28. The SMILES string of the molecule is FC(F)(F)c1ccc(O/C=C/c2ccc3cccnc3c2)cc1. The number of fused-ring (bicyclic) bond motifs is 1. The van der Waals surface area contributed by atoms with Crippen LogP contribution in [-0.4, -0.2) is 4.98 Å². The lowest BCUT2D eigenvalue weighted by atomic mass is 10.1. The normalized spacial score (nSPS) is 12.0. The number of halogens is 3. The van der Waals surface area contributed by atoms with Gasteiger partial charge in [-0.15, -0.1) is 0 Å². The van der Waals surface area contributed by atoms with Crippen LogP contribution in [0.1, 0.15) is 11.1 Å². The maximum absolute atomic E-state index is 12.5. The van der Waals surface area contributed by atoms with E-state index < -0.39 is 11.7 Å². The van der Waals surface area contributed by atoms with Crippen molar-refractivity contribution in [3.05, 3.63) is 78.2 Å². The number of benzene rings is 2. The van der Waals surface area contributed by atoms with Gasteiger partial charge >= 0.3 is 6.18 Å². The van der Waals surface area contributed by atoms with E-state index in [1.54, 1.807) is 12.3 Å². The Labute approximate surface area is 130 Å². The van der Waals surface area contributed by atoms with Gasteiger partial charge in [-0.1, -0.05) is 18.2 Å². The number of hydrogen-bond acceptors (Lipinski definition) is 2. The molecule has 0 unspecified atom stereocenters. The van der Waals surface area contributed by atoms with Crippen LogP contribution in [-0.2, 0) is 6.18 Å². The Kier molecular flexibility index (Phi) is 4.02. The van der Waals surface area contributed by atoms with Crippen molar-refractivity contribution in [3.63, 3.8) is 0 Å². The van der Waals surface area contributed by atoms with E-state index in [1.807, 2.05) is 30.3 Å². The summed E-state index contributed by atoms with van der Waals surface area (Å²) in [6.07, 6.45) is 0.541. The van der Waals surface area contributed by atoms with Crippen LogP contribution in [0.3, 0.4) is 0 Å². The van der Waals surface area contributed by atoms with Gasteiger partial charge in [0.05, 0.1) is 17.3 Å². The summed E-state index contributed by atoms with van der Waals surface area (Å²) >= 11 is 0. The maximum atomic E-state index is 12.5. The number of ether oxygens (including phenoxy) is 1. The molecule has 1 aromatic heterocycles. The highest BCUT2D eigenvalue weighted by Crippen LogP contribution is 2.30. The van der Waals surface area contributed by atoms with Gasteiger partial charge in [0.15, 0.2) is 0 Å². The molecule has 0 spiro atoms. The predicted octanol–water partition coefficient (Wildman–Crippen LogP) is 5.30. The van der Waals surface area contributed by atoms with Crippen LogP contribution in [0.2, 0.25) is 0 Å². The molecular weight excluding hydrogens is 303 g/mol. The minimum Gasteiger partial charge on any atom is -0.465 e. The summed E-state index contributed by atoms with van der Waals surface area (Å²) in [4.78, 5) is 4.26. The fourth-order valence-electron chi connectivity index (χ4n) is 2.10. The lowest BCUT2D eigenvalue weighted by Gasteiger charge is -2.06. The summed E-state index contributed by atoms with van der Waals surface area (Å²) < 4.78 is 42.7. The summed E-state index contributed by atoms with van der Waals surface area (Å²) in [7, 11) is 0. The molecule has 3 aromatic rings. The molecule has 0 radical (unpaired) electrons. The first-order valence-corrected chi connectivity index (χ1v) is 6.88. The molecule has 0 fully saturated rings. The smallest absolute Gasteiger partial charge is 0.416 e. The quantitative estimate of drug-likeness (QED) is 0.612. The van der Waals surface area contributed by atoms with Crippen LogP contribution in [0.4, 0.5) is 13.2 Å². The number of hydrogen-bond donors (Lipinski definition) is 0. The predicted molar refractivity (Wildman–Crippen MR) is 82.8 cm³/mol. The van der Waals surface area contributed by atoms with E-state index in [0.29, 0.717) is 5.75 Å². The Bertz CT molecular complexity index is 839. The molecule has 0 aliphatic heterocycles. The topological polar surface area (TPSA) is 22.1 Å². The average molecular weight is 315 g/mol. The fourth-order valence-corrected chi connectivity index (χ4v) is 2.10. The molecule has 0 atom stereocenters. The molecule has 0 N–H and O–H groups in total. The average Bonchev–Trinajstić information content (AvgIpc) is 2.54. The zero-order valence-electron chi connectivity index (χ0n) is 11.9. The minimum absolute atomic E-state index is 0.341. The minimum atomic E-state index is -4.34. The number of aromatic nitrogens is 1. The van der Waals surface area contributed by atoms with Crippen LogP contribution in [0.25, 0.3) is 17.0 Å². The van der Waals surface area contributed by atoms with Crippen LogP contribution in [0, 0.1) is 0 Å². The highest BCUT2D eigenvalue weighted by molar-refractivity contribution is 5.80. The van der Waals surface area contributed by atoms with E-state index in [0.717, 1.165) is 28.6 Å². The van der Waals surface area contributed by atoms with E-state index in [1.165, 1.54) is 18.4 Å². The Morgan fingerprint density at radius 1 is 0.957 bits per heavy atom. The maximum Gasteiger partial charge on any atom is 0.416 e. The molecule has 0 aliphatic rings. The van der Waals surface area contributed by atoms with Crippen molar-refractivity contribution in [1.29, 1.82) is 0 Å². The third-order valence-electron chi connectivity index (χ3n) is 3.28. The van der Waals surface area contributed by atoms with Crippen molar-refractivity contribution in [2.75, 3.05) is 0 Å². The molecule has 5 heteroatoms. The van der Waals surface area contributed by atoms with Gasteiger partial charge < -0.3 is 4.74 Å². The summed E-state index contributed by atoms with van der Waals surface area (Å²) in [6.45, 7) is 0. The molecular formula is C18H12F3NO. The summed E-state index contributed by atoms with van der Waals surface area (Å²) in [5, 5.41) is 1.04. The number of rotatable bonds is 3. The van der Waals surface area contributed by atoms with Crippen LogP contribution in [0.15, 0.2) is 67.1 Å². The van der Waals surface area contributed by atoms with E-state index in [9.17, 15) is 13.2 Å². The molecule has 1 heterocycles. The number of alkyl halides is 3. The Morgan fingerprint density at radius 3 is 2.48 bits per heavy atom. The van der Waals surface area contributed by atoms with Gasteiger partial charge in [0.2, 0.25) is 0 Å². The summed E-state index contributed by atoms with van der Waals surface area (Å²) in [5.74, 6) is 0.341. The summed E-state index contributed by atoms with van der Waals surface area (Å²) in [6, 6.07) is 14.1. The van der Waals surface area contributed by atoms with Crippen molar-refractivity contribution in [2.24, 2.45) is 0 Å². The standard InChI is InChI=1S/C18H12F3NO/c19-18(20,21)15-5-7-16(8-6-15)23-11-9-13-3-4-14-2-1-10-22-17(14)12-13/h1-12H/b11-9+. The summed E-state index contributed by atoms with van der Waals surface area (Å²) in [5.41, 5.74) is 1.06. The van der Waals surface area contributed by atoms with Crippen LogP contribution >= 0.6 is 0 Å². The van der Waals surface area contributed by atoms with Gasteiger partial charge in [0.25, 0.3) is 0 Å². The lowest BCUT2D eigenvalue weighted by Crippen LogP contribution is -2.03. The van der Waals surface area contributed by atoms with E-state index in [4.69, 9.17) is 4.74 Å². The molecule has 0 bridgehead atoms. The Hall–Kier alpha value is -2.82. The van der Waals surface area contributed by atoms with Gasteiger partial charge in [0.1, 0.15) is 5.75 Å². The Morgan fingerprint density at radius 2 is 1.74 bits per heavy atom. The zero-order chi connectivity index (χ0) is 16.3. The molecule has 3 rings (SSSR count). The Balaban J connectivity index is 1.70. The van der Waals surface area contributed by atoms with Crippen LogP contribution < -0.4 is 4.74 Å². The monoisotopic (exact) mass is 315 g/mol. The second-order valence-electron chi connectivity index (χ2n) is 4.90. The largest absolute Gasteiger partial charge is 0.465 e. The number of pyridine rings is 1. The first-order valence-electron chi connectivity index (χ1n) is 6.88. The van der Waals surface area contributed by atoms with Crippen molar-refractivity contribution < 1.29 is 17.9 Å². The molecule has 0 saturated heterocycles. The molecule has 2 nitrogen and oxygen atoms in total. The molecule has 0 amide bonds. The van der Waals surface area contributed by atoms with Crippen molar-refractivity contribution >= 4 is 17.0 Å².